The maximum Gasteiger partial charge on any atom is 0.332 e. The Morgan fingerprint density at radius 1 is 1.46 bits per heavy atom. The van der Waals surface area contributed by atoms with Crippen LogP contribution in [0.1, 0.15) is 20.3 Å². The largest absolute Gasteiger partial charge is 0.462 e. The van der Waals surface area contributed by atoms with Crippen molar-refractivity contribution in [3.05, 3.63) is 11.8 Å². The Balaban J connectivity index is 3.33. The van der Waals surface area contributed by atoms with E-state index in [1.807, 2.05) is 6.92 Å². The van der Waals surface area contributed by atoms with Crippen LogP contribution in [0.15, 0.2) is 11.8 Å². The van der Waals surface area contributed by atoms with Crippen molar-refractivity contribution in [3.63, 3.8) is 0 Å². The van der Waals surface area contributed by atoms with Crippen molar-refractivity contribution in [2.45, 2.75) is 20.3 Å². The first-order valence-corrected chi connectivity index (χ1v) is 4.35. The quantitative estimate of drug-likeness (QED) is 0.380. The van der Waals surface area contributed by atoms with E-state index in [-0.39, 0.29) is 0 Å². The van der Waals surface area contributed by atoms with Gasteiger partial charge in [0, 0.05) is 31.4 Å². The fraction of sp³-hybridized carbons (Fsp3) is 0.667. The molecule has 0 fully saturated rings. The van der Waals surface area contributed by atoms with Gasteiger partial charge in [-0.05, 0) is 13.8 Å². The zero-order valence-corrected chi connectivity index (χ0v) is 8.21. The third-order valence-corrected chi connectivity index (χ3v) is 1.23. The molecule has 0 unspecified atom stereocenters. The monoisotopic (exact) mass is 187 g/mol. The fourth-order valence-corrected chi connectivity index (χ4v) is 0.706. The lowest BCUT2D eigenvalue weighted by Crippen LogP contribution is -2.07. The highest BCUT2D eigenvalue weighted by molar-refractivity contribution is 5.82. The van der Waals surface area contributed by atoms with Crippen LogP contribution in [0, 0.1) is 0 Å². The van der Waals surface area contributed by atoms with Gasteiger partial charge in [0.1, 0.15) is 0 Å². The van der Waals surface area contributed by atoms with Gasteiger partial charge in [0.2, 0.25) is 0 Å². The van der Waals surface area contributed by atoms with E-state index in [2.05, 4.69) is 0 Å². The maximum absolute atomic E-state index is 10.9. The predicted molar refractivity (Wildman–Crippen MR) is 50.0 cm³/mol. The summed E-state index contributed by atoms with van der Waals surface area (Å²) < 4.78 is 9.89. The van der Waals surface area contributed by atoms with Crippen molar-refractivity contribution in [1.29, 1.82) is 0 Å². The minimum absolute atomic E-state index is 0.378. The second-order valence-corrected chi connectivity index (χ2v) is 2.61. The predicted octanol–water partition coefficient (Wildman–Crippen LogP) is 0.819. The second kappa shape index (κ2) is 7.61. The smallest absolute Gasteiger partial charge is 0.332 e. The van der Waals surface area contributed by atoms with E-state index in [9.17, 15) is 4.79 Å². The number of hydrogen-bond acceptors (Lipinski definition) is 4. The maximum atomic E-state index is 10.9. The zero-order chi connectivity index (χ0) is 10.1. The van der Waals surface area contributed by atoms with Crippen molar-refractivity contribution in [2.75, 3.05) is 19.8 Å². The Kier molecular flexibility index (Phi) is 7.01. The van der Waals surface area contributed by atoms with Crippen LogP contribution in [-0.4, -0.2) is 25.8 Å². The van der Waals surface area contributed by atoms with Crippen LogP contribution in [-0.2, 0) is 14.3 Å². The lowest BCUT2D eigenvalue weighted by atomic mass is 10.4. The summed E-state index contributed by atoms with van der Waals surface area (Å²) in [6.45, 7) is 5.25. The first kappa shape index (κ1) is 12.0. The van der Waals surface area contributed by atoms with E-state index in [1.165, 1.54) is 6.08 Å². The average Bonchev–Trinajstić information content (AvgIpc) is 2.02. The molecule has 0 saturated carbocycles. The molecular formula is C9H17NO3. The number of carbonyl (C=O) groups is 1. The number of rotatable bonds is 6. The molecule has 4 nitrogen and oxygen atoms in total. The standard InChI is InChI=1S/C9H17NO3/c1-3-12-5-4-6-13-9(11)7-8(2)10/h7H,3-6,10H2,1-2H3. The number of ether oxygens (including phenoxy) is 2. The summed E-state index contributed by atoms with van der Waals surface area (Å²) in [5.74, 6) is -0.392. The molecule has 0 aromatic carbocycles. The van der Waals surface area contributed by atoms with Crippen LogP contribution in [0.4, 0.5) is 0 Å². The molecule has 0 radical (unpaired) electrons. The van der Waals surface area contributed by atoms with E-state index in [1.54, 1.807) is 6.92 Å². The molecule has 0 amide bonds. The average molecular weight is 187 g/mol. The van der Waals surface area contributed by atoms with Gasteiger partial charge in [0.15, 0.2) is 0 Å². The molecule has 0 saturated heterocycles. The van der Waals surface area contributed by atoms with Crippen LogP contribution in [0.25, 0.3) is 0 Å². The fourth-order valence-electron chi connectivity index (χ4n) is 0.706. The molecule has 0 aliphatic heterocycles. The molecule has 2 N–H and O–H groups in total. The molecule has 0 bridgehead atoms. The number of nitrogens with two attached hydrogens (primary N) is 1. The lowest BCUT2D eigenvalue weighted by molar-refractivity contribution is -0.138. The van der Waals surface area contributed by atoms with Crippen LogP contribution < -0.4 is 5.73 Å². The first-order chi connectivity index (χ1) is 6.16. The van der Waals surface area contributed by atoms with E-state index >= 15 is 0 Å². The van der Waals surface area contributed by atoms with E-state index in [0.717, 1.165) is 6.42 Å². The number of allylic oxidation sites excluding steroid dienone is 1. The van der Waals surface area contributed by atoms with Crippen LogP contribution >= 0.6 is 0 Å². The van der Waals surface area contributed by atoms with E-state index in [0.29, 0.717) is 25.5 Å². The van der Waals surface area contributed by atoms with Crippen molar-refractivity contribution < 1.29 is 14.3 Å². The number of esters is 1. The summed E-state index contributed by atoms with van der Waals surface area (Å²) >= 11 is 0. The molecule has 0 aromatic rings. The van der Waals surface area contributed by atoms with Gasteiger partial charge in [-0.3, -0.25) is 0 Å². The summed E-state index contributed by atoms with van der Waals surface area (Å²) in [5, 5.41) is 0. The molecule has 0 aliphatic carbocycles. The van der Waals surface area contributed by atoms with Gasteiger partial charge in [0.05, 0.1) is 6.61 Å². The molecule has 0 heterocycles. The molecule has 13 heavy (non-hydrogen) atoms. The second-order valence-electron chi connectivity index (χ2n) is 2.61. The van der Waals surface area contributed by atoms with Gasteiger partial charge in [-0.2, -0.15) is 0 Å². The van der Waals surface area contributed by atoms with Crippen LogP contribution in [0.2, 0.25) is 0 Å². The highest BCUT2D eigenvalue weighted by Crippen LogP contribution is 1.89. The van der Waals surface area contributed by atoms with Crippen molar-refractivity contribution in [2.24, 2.45) is 5.73 Å². The molecular weight excluding hydrogens is 170 g/mol. The van der Waals surface area contributed by atoms with Crippen LogP contribution in [0.3, 0.4) is 0 Å². The molecule has 0 spiro atoms. The lowest BCUT2D eigenvalue weighted by Gasteiger charge is -2.02. The third-order valence-electron chi connectivity index (χ3n) is 1.23. The molecule has 0 rings (SSSR count). The Hall–Kier alpha value is -1.03. The molecule has 4 heteroatoms. The van der Waals surface area contributed by atoms with Gasteiger partial charge in [-0.15, -0.1) is 0 Å². The summed E-state index contributed by atoms with van der Waals surface area (Å²) in [4.78, 5) is 10.9. The molecule has 0 aromatic heterocycles. The number of carbonyl (C=O) groups excluding carboxylic acids is 1. The summed E-state index contributed by atoms with van der Waals surface area (Å²) in [7, 11) is 0. The van der Waals surface area contributed by atoms with Crippen molar-refractivity contribution in [3.8, 4) is 0 Å². The Bertz CT molecular complexity index is 174. The molecule has 76 valence electrons. The summed E-state index contributed by atoms with van der Waals surface area (Å²) in [5.41, 5.74) is 5.73. The van der Waals surface area contributed by atoms with E-state index in [4.69, 9.17) is 15.2 Å². The summed E-state index contributed by atoms with van der Waals surface area (Å²) in [6.07, 6.45) is 1.98. The highest BCUT2D eigenvalue weighted by Gasteiger charge is 1.96. The summed E-state index contributed by atoms with van der Waals surface area (Å²) in [6, 6.07) is 0. The van der Waals surface area contributed by atoms with Crippen LogP contribution in [0.5, 0.6) is 0 Å². The molecule has 0 aliphatic rings. The Morgan fingerprint density at radius 2 is 2.15 bits per heavy atom. The van der Waals surface area contributed by atoms with Gasteiger partial charge in [0.25, 0.3) is 0 Å². The Labute approximate surface area is 78.7 Å². The molecule has 0 atom stereocenters. The third kappa shape index (κ3) is 8.88. The minimum atomic E-state index is -0.392. The Morgan fingerprint density at radius 3 is 2.69 bits per heavy atom. The normalized spacial score (nSPS) is 11.4. The minimum Gasteiger partial charge on any atom is -0.462 e. The van der Waals surface area contributed by atoms with E-state index < -0.39 is 5.97 Å². The van der Waals surface area contributed by atoms with Gasteiger partial charge in [-0.25, -0.2) is 4.79 Å². The van der Waals surface area contributed by atoms with Gasteiger partial charge >= 0.3 is 5.97 Å². The number of hydrogen-bond donors (Lipinski definition) is 1. The van der Waals surface area contributed by atoms with Gasteiger partial charge < -0.3 is 15.2 Å². The van der Waals surface area contributed by atoms with Crippen molar-refractivity contribution in [1.82, 2.24) is 0 Å². The topological polar surface area (TPSA) is 61.5 Å². The SMILES string of the molecule is CCOCCCOC(=O)C=C(C)N. The van der Waals surface area contributed by atoms with Gasteiger partial charge in [-0.1, -0.05) is 0 Å². The highest BCUT2D eigenvalue weighted by atomic mass is 16.5. The van der Waals surface area contributed by atoms with Crippen molar-refractivity contribution >= 4 is 5.97 Å². The zero-order valence-electron chi connectivity index (χ0n) is 8.21. The first-order valence-electron chi connectivity index (χ1n) is 4.35.